The summed E-state index contributed by atoms with van der Waals surface area (Å²) in [4.78, 5) is 8.80. The van der Waals surface area contributed by atoms with Gasteiger partial charge in [-0.3, -0.25) is 0 Å². The number of anilines is 1. The first-order valence-electron chi connectivity index (χ1n) is 7.19. The molecular formula is C16H18ClN3O2. The first-order valence-corrected chi connectivity index (χ1v) is 7.56. The van der Waals surface area contributed by atoms with Crippen molar-refractivity contribution in [2.45, 2.75) is 25.3 Å². The van der Waals surface area contributed by atoms with Crippen molar-refractivity contribution in [3.8, 4) is 11.5 Å². The summed E-state index contributed by atoms with van der Waals surface area (Å²) >= 11 is 6.06. The number of hydrogen-bond acceptors (Lipinski definition) is 5. The van der Waals surface area contributed by atoms with Gasteiger partial charge < -0.3 is 14.8 Å². The highest BCUT2D eigenvalue weighted by atomic mass is 35.5. The molecule has 0 amide bonds. The van der Waals surface area contributed by atoms with Crippen molar-refractivity contribution >= 4 is 17.4 Å². The van der Waals surface area contributed by atoms with Gasteiger partial charge >= 0.3 is 0 Å². The van der Waals surface area contributed by atoms with Crippen LogP contribution in [0.2, 0.25) is 5.15 Å². The van der Waals surface area contributed by atoms with Gasteiger partial charge in [0, 0.05) is 18.5 Å². The summed E-state index contributed by atoms with van der Waals surface area (Å²) in [7, 11) is 3.25. The second-order valence-corrected chi connectivity index (χ2v) is 5.64. The lowest BCUT2D eigenvalue weighted by Crippen LogP contribution is -2.04. The average Bonchev–Trinajstić information content (AvgIpc) is 3.37. The molecule has 3 rings (SSSR count). The van der Waals surface area contributed by atoms with Crippen LogP contribution in [0.3, 0.4) is 0 Å². The van der Waals surface area contributed by atoms with Gasteiger partial charge in [0.15, 0.2) is 11.5 Å². The number of halogens is 1. The molecule has 0 spiro atoms. The maximum Gasteiger partial charge on any atom is 0.161 e. The fourth-order valence-electron chi connectivity index (χ4n) is 2.23. The van der Waals surface area contributed by atoms with Crippen LogP contribution in [0.1, 0.15) is 30.1 Å². The largest absolute Gasteiger partial charge is 0.493 e. The van der Waals surface area contributed by atoms with Crippen LogP contribution >= 0.6 is 11.6 Å². The predicted octanol–water partition coefficient (Wildman–Crippen LogP) is 3.64. The van der Waals surface area contributed by atoms with E-state index in [0.29, 0.717) is 29.1 Å². The summed E-state index contributed by atoms with van der Waals surface area (Å²) in [5, 5.41) is 3.76. The number of nitrogens with one attached hydrogen (secondary N) is 1. The van der Waals surface area contributed by atoms with Crippen molar-refractivity contribution in [3.63, 3.8) is 0 Å². The van der Waals surface area contributed by atoms with Crippen molar-refractivity contribution in [1.29, 1.82) is 0 Å². The Morgan fingerprint density at radius 2 is 1.91 bits per heavy atom. The van der Waals surface area contributed by atoms with Crippen molar-refractivity contribution in [1.82, 2.24) is 9.97 Å². The molecule has 2 aromatic rings. The topological polar surface area (TPSA) is 56.3 Å². The van der Waals surface area contributed by atoms with Gasteiger partial charge in [-0.1, -0.05) is 17.7 Å². The lowest BCUT2D eigenvalue weighted by molar-refractivity contribution is 0.354. The smallest absolute Gasteiger partial charge is 0.161 e. The normalized spacial score (nSPS) is 13.8. The van der Waals surface area contributed by atoms with Gasteiger partial charge in [-0.25, -0.2) is 9.97 Å². The highest BCUT2D eigenvalue weighted by Gasteiger charge is 2.27. The number of methoxy groups -OCH3 is 2. The molecular weight excluding hydrogens is 302 g/mol. The van der Waals surface area contributed by atoms with E-state index in [1.165, 1.54) is 0 Å². The number of ether oxygens (including phenoxy) is 2. The Kier molecular flexibility index (Phi) is 4.34. The Bertz CT molecular complexity index is 674. The van der Waals surface area contributed by atoms with Gasteiger partial charge in [0.25, 0.3) is 0 Å². The Morgan fingerprint density at radius 1 is 1.14 bits per heavy atom. The van der Waals surface area contributed by atoms with Gasteiger partial charge in [0.2, 0.25) is 0 Å². The quantitative estimate of drug-likeness (QED) is 0.824. The lowest BCUT2D eigenvalue weighted by atomic mass is 10.2. The van der Waals surface area contributed by atoms with E-state index in [9.17, 15) is 0 Å². The molecule has 22 heavy (non-hydrogen) atoms. The number of hydrogen-bond donors (Lipinski definition) is 1. The van der Waals surface area contributed by atoms with E-state index in [2.05, 4.69) is 15.3 Å². The van der Waals surface area contributed by atoms with Crippen molar-refractivity contribution in [3.05, 3.63) is 40.8 Å². The monoisotopic (exact) mass is 319 g/mol. The molecule has 1 aromatic carbocycles. The van der Waals surface area contributed by atoms with Crippen LogP contribution in [-0.4, -0.2) is 24.2 Å². The van der Waals surface area contributed by atoms with E-state index in [4.69, 9.17) is 21.1 Å². The van der Waals surface area contributed by atoms with Crippen LogP contribution in [-0.2, 0) is 6.54 Å². The van der Waals surface area contributed by atoms with Crippen LogP contribution in [0, 0.1) is 0 Å². The lowest BCUT2D eigenvalue weighted by Gasteiger charge is -2.11. The number of rotatable bonds is 6. The zero-order chi connectivity index (χ0) is 15.5. The summed E-state index contributed by atoms with van der Waals surface area (Å²) < 4.78 is 10.5. The van der Waals surface area contributed by atoms with Crippen molar-refractivity contribution < 1.29 is 9.47 Å². The van der Waals surface area contributed by atoms with E-state index in [1.54, 1.807) is 20.3 Å². The molecule has 1 aliphatic carbocycles. The summed E-state index contributed by atoms with van der Waals surface area (Å²) in [5.41, 5.74) is 1.07. The Balaban J connectivity index is 1.72. The van der Waals surface area contributed by atoms with Crippen LogP contribution in [0.15, 0.2) is 24.3 Å². The highest BCUT2D eigenvalue weighted by molar-refractivity contribution is 6.29. The molecule has 0 saturated heterocycles. The third-order valence-electron chi connectivity index (χ3n) is 3.58. The third-order valence-corrected chi connectivity index (χ3v) is 3.77. The highest BCUT2D eigenvalue weighted by Crippen LogP contribution is 2.38. The Morgan fingerprint density at radius 3 is 2.59 bits per heavy atom. The van der Waals surface area contributed by atoms with Crippen LogP contribution in [0.4, 0.5) is 5.82 Å². The first-order chi connectivity index (χ1) is 10.7. The van der Waals surface area contributed by atoms with E-state index in [1.807, 2.05) is 18.2 Å². The van der Waals surface area contributed by atoms with Gasteiger partial charge in [-0.2, -0.15) is 0 Å². The van der Waals surface area contributed by atoms with Gasteiger partial charge in [-0.05, 0) is 30.5 Å². The molecule has 0 unspecified atom stereocenters. The molecule has 6 heteroatoms. The Labute approximate surface area is 134 Å². The van der Waals surface area contributed by atoms with Gasteiger partial charge in [-0.15, -0.1) is 0 Å². The third kappa shape index (κ3) is 3.42. The fourth-order valence-corrected chi connectivity index (χ4v) is 2.42. The van der Waals surface area contributed by atoms with E-state index in [0.717, 1.165) is 30.0 Å². The molecule has 0 radical (unpaired) electrons. The predicted molar refractivity (Wildman–Crippen MR) is 85.9 cm³/mol. The van der Waals surface area contributed by atoms with E-state index < -0.39 is 0 Å². The van der Waals surface area contributed by atoms with E-state index >= 15 is 0 Å². The summed E-state index contributed by atoms with van der Waals surface area (Å²) in [6, 6.07) is 7.56. The molecule has 1 aromatic heterocycles. The molecule has 1 aliphatic rings. The van der Waals surface area contributed by atoms with Crippen molar-refractivity contribution in [2.75, 3.05) is 19.5 Å². The molecule has 1 N–H and O–H groups in total. The Hall–Kier alpha value is -2.01. The zero-order valence-corrected chi connectivity index (χ0v) is 13.4. The number of aromatic nitrogens is 2. The first kappa shape index (κ1) is 14.9. The molecule has 0 atom stereocenters. The molecule has 1 fully saturated rings. The molecule has 5 nitrogen and oxygen atoms in total. The van der Waals surface area contributed by atoms with Gasteiger partial charge in [0.05, 0.1) is 14.2 Å². The maximum atomic E-state index is 6.06. The standard InChI is InChI=1S/C16H18ClN3O2/c1-21-12-6-3-10(7-13(12)22-2)9-18-15-8-14(17)19-16(20-15)11-4-5-11/h3,6-8,11H,4-5,9H2,1-2H3,(H,18,19,20). The summed E-state index contributed by atoms with van der Waals surface area (Å²) in [6.07, 6.45) is 2.30. The SMILES string of the molecule is COc1ccc(CNc2cc(Cl)nc(C3CC3)n2)cc1OC. The fraction of sp³-hybridized carbons (Fsp3) is 0.375. The summed E-state index contributed by atoms with van der Waals surface area (Å²) in [5.74, 6) is 3.48. The molecule has 116 valence electrons. The minimum atomic E-state index is 0.473. The van der Waals surface area contributed by atoms with Crippen LogP contribution in [0.25, 0.3) is 0 Å². The molecule has 1 heterocycles. The van der Waals surface area contributed by atoms with Crippen LogP contribution < -0.4 is 14.8 Å². The minimum Gasteiger partial charge on any atom is -0.493 e. The molecule has 0 aliphatic heterocycles. The second kappa shape index (κ2) is 6.40. The average molecular weight is 320 g/mol. The minimum absolute atomic E-state index is 0.473. The maximum absolute atomic E-state index is 6.06. The summed E-state index contributed by atoms with van der Waals surface area (Å²) in [6.45, 7) is 0.623. The van der Waals surface area contributed by atoms with Gasteiger partial charge in [0.1, 0.15) is 16.8 Å². The van der Waals surface area contributed by atoms with Crippen molar-refractivity contribution in [2.24, 2.45) is 0 Å². The number of benzene rings is 1. The van der Waals surface area contributed by atoms with E-state index in [-0.39, 0.29) is 0 Å². The molecule has 1 saturated carbocycles. The molecule has 0 bridgehead atoms. The van der Waals surface area contributed by atoms with Crippen LogP contribution in [0.5, 0.6) is 11.5 Å². The second-order valence-electron chi connectivity index (χ2n) is 5.25. The zero-order valence-electron chi connectivity index (χ0n) is 12.6. The number of nitrogens with zero attached hydrogens (tertiary/aromatic N) is 2.